The molecule has 1 aliphatic heterocycles. The van der Waals surface area contributed by atoms with Gasteiger partial charge in [-0.3, -0.25) is 9.69 Å². The summed E-state index contributed by atoms with van der Waals surface area (Å²) in [5, 5.41) is 2.93. The smallest absolute Gasteiger partial charge is 0.244 e. The molecule has 0 aliphatic carbocycles. The van der Waals surface area contributed by atoms with Gasteiger partial charge in [0.1, 0.15) is 0 Å². The molecular formula is C17H27N3O. The van der Waals surface area contributed by atoms with Gasteiger partial charge in [-0.2, -0.15) is 0 Å². The van der Waals surface area contributed by atoms with Crippen LogP contribution >= 0.6 is 0 Å². The van der Waals surface area contributed by atoms with E-state index in [1.807, 2.05) is 26.0 Å². The van der Waals surface area contributed by atoms with Crippen LogP contribution in [0.15, 0.2) is 24.3 Å². The highest BCUT2D eigenvalue weighted by molar-refractivity contribution is 5.97. The zero-order valence-corrected chi connectivity index (χ0v) is 13.2. The predicted molar refractivity (Wildman–Crippen MR) is 87.1 cm³/mol. The van der Waals surface area contributed by atoms with Crippen LogP contribution in [0.2, 0.25) is 0 Å². The number of carbonyl (C=O) groups is 1. The minimum Gasteiger partial charge on any atom is -0.324 e. The first-order valence-corrected chi connectivity index (χ1v) is 7.99. The Morgan fingerprint density at radius 2 is 1.76 bits per heavy atom. The van der Waals surface area contributed by atoms with E-state index in [2.05, 4.69) is 22.3 Å². The van der Waals surface area contributed by atoms with Crippen LogP contribution in [0.1, 0.15) is 45.1 Å². The van der Waals surface area contributed by atoms with Crippen molar-refractivity contribution >= 4 is 11.6 Å². The minimum absolute atomic E-state index is 0.0974. The number of hydrogen-bond acceptors (Lipinski definition) is 3. The van der Waals surface area contributed by atoms with Gasteiger partial charge in [-0.1, -0.05) is 26.0 Å². The third-order valence-corrected chi connectivity index (χ3v) is 4.53. The highest BCUT2D eigenvalue weighted by atomic mass is 16.2. The summed E-state index contributed by atoms with van der Waals surface area (Å²) in [7, 11) is 0. The Labute approximate surface area is 127 Å². The largest absolute Gasteiger partial charge is 0.324 e. The summed E-state index contributed by atoms with van der Waals surface area (Å²) in [6.45, 7) is 7.28. The van der Waals surface area contributed by atoms with Gasteiger partial charge in [0.25, 0.3) is 0 Å². The predicted octanol–water partition coefficient (Wildman–Crippen LogP) is 2.74. The number of likely N-dealkylation sites (tertiary alicyclic amines) is 1. The van der Waals surface area contributed by atoms with E-state index in [9.17, 15) is 4.79 Å². The Bertz CT molecular complexity index is 459. The number of nitrogens with one attached hydrogen (secondary N) is 1. The van der Waals surface area contributed by atoms with E-state index in [1.54, 1.807) is 0 Å². The summed E-state index contributed by atoms with van der Waals surface area (Å²) < 4.78 is 0. The van der Waals surface area contributed by atoms with E-state index in [4.69, 9.17) is 5.73 Å². The zero-order valence-electron chi connectivity index (χ0n) is 13.2. The summed E-state index contributed by atoms with van der Waals surface area (Å²) in [5.74, 6) is -0.0974. The van der Waals surface area contributed by atoms with Crippen LogP contribution < -0.4 is 11.1 Å². The summed E-state index contributed by atoms with van der Waals surface area (Å²) in [6.07, 6.45) is 3.90. The lowest BCUT2D eigenvalue weighted by atomic mass is 9.93. The summed E-state index contributed by atoms with van der Waals surface area (Å²) in [5.41, 5.74) is 7.45. The zero-order chi connectivity index (χ0) is 15.3. The van der Waals surface area contributed by atoms with Crippen LogP contribution in [0, 0.1) is 0 Å². The van der Waals surface area contributed by atoms with Gasteiger partial charge < -0.3 is 11.1 Å². The minimum atomic E-state index is -0.770. The molecule has 1 aromatic carbocycles. The quantitative estimate of drug-likeness (QED) is 0.846. The van der Waals surface area contributed by atoms with Gasteiger partial charge in [-0.05, 0) is 56.5 Å². The first-order valence-electron chi connectivity index (χ1n) is 7.99. The van der Waals surface area contributed by atoms with E-state index >= 15 is 0 Å². The second kappa shape index (κ2) is 7.05. The highest BCUT2D eigenvalue weighted by Gasteiger charge is 2.29. The Hall–Kier alpha value is -1.39. The van der Waals surface area contributed by atoms with Crippen LogP contribution in [0.3, 0.4) is 0 Å². The molecule has 1 heterocycles. The summed E-state index contributed by atoms with van der Waals surface area (Å²) in [6, 6.07) is 8.11. The third kappa shape index (κ3) is 4.05. The number of nitrogens with zero attached hydrogens (tertiary/aromatic N) is 1. The average molecular weight is 289 g/mol. The molecular weight excluding hydrogens is 262 g/mol. The molecule has 0 spiro atoms. The number of rotatable bonds is 6. The maximum absolute atomic E-state index is 12.2. The van der Waals surface area contributed by atoms with Crippen molar-refractivity contribution in [2.45, 2.75) is 51.6 Å². The molecule has 116 valence electrons. The number of amides is 1. The Kier molecular flexibility index (Phi) is 5.37. The van der Waals surface area contributed by atoms with Gasteiger partial charge in [0.15, 0.2) is 0 Å². The molecule has 0 radical (unpaired) electrons. The Morgan fingerprint density at radius 3 is 2.29 bits per heavy atom. The number of nitrogens with two attached hydrogens (primary N) is 1. The van der Waals surface area contributed by atoms with Crippen molar-refractivity contribution in [1.29, 1.82) is 0 Å². The normalized spacial score (nSPS) is 16.1. The van der Waals surface area contributed by atoms with Crippen LogP contribution in [0.4, 0.5) is 5.69 Å². The second-order valence-electron chi connectivity index (χ2n) is 6.00. The van der Waals surface area contributed by atoms with Crippen molar-refractivity contribution in [1.82, 2.24) is 4.90 Å². The molecule has 1 aliphatic rings. The molecule has 3 N–H and O–H groups in total. The maximum Gasteiger partial charge on any atom is 0.244 e. The monoisotopic (exact) mass is 289 g/mol. The molecule has 21 heavy (non-hydrogen) atoms. The molecule has 1 aromatic rings. The lowest BCUT2D eigenvalue weighted by Gasteiger charge is -2.25. The van der Waals surface area contributed by atoms with Crippen molar-refractivity contribution in [3.8, 4) is 0 Å². The summed E-state index contributed by atoms with van der Waals surface area (Å²) in [4.78, 5) is 14.7. The fourth-order valence-corrected chi connectivity index (χ4v) is 2.72. The van der Waals surface area contributed by atoms with Crippen molar-refractivity contribution in [3.63, 3.8) is 0 Å². The van der Waals surface area contributed by atoms with E-state index in [1.165, 1.54) is 31.5 Å². The first kappa shape index (κ1) is 16.0. The van der Waals surface area contributed by atoms with Crippen molar-refractivity contribution < 1.29 is 4.79 Å². The number of benzene rings is 1. The Balaban J connectivity index is 1.94. The Morgan fingerprint density at radius 1 is 1.19 bits per heavy atom. The van der Waals surface area contributed by atoms with Crippen LogP contribution in [0.25, 0.3) is 0 Å². The van der Waals surface area contributed by atoms with E-state index in [0.29, 0.717) is 12.8 Å². The fraction of sp³-hybridized carbons (Fsp3) is 0.588. The highest BCUT2D eigenvalue weighted by Crippen LogP contribution is 2.18. The van der Waals surface area contributed by atoms with Crippen molar-refractivity contribution in [3.05, 3.63) is 29.8 Å². The molecule has 0 bridgehead atoms. The third-order valence-electron chi connectivity index (χ3n) is 4.53. The van der Waals surface area contributed by atoms with Gasteiger partial charge in [-0.15, -0.1) is 0 Å². The van der Waals surface area contributed by atoms with Crippen molar-refractivity contribution in [2.24, 2.45) is 5.73 Å². The summed E-state index contributed by atoms with van der Waals surface area (Å²) >= 11 is 0. The first-order chi connectivity index (χ1) is 10.1. The number of anilines is 1. The van der Waals surface area contributed by atoms with Gasteiger partial charge in [0.2, 0.25) is 5.91 Å². The molecule has 1 amide bonds. The molecule has 4 heteroatoms. The van der Waals surface area contributed by atoms with Crippen LogP contribution in [-0.2, 0) is 11.3 Å². The fourth-order valence-electron chi connectivity index (χ4n) is 2.72. The van der Waals surface area contributed by atoms with Crippen LogP contribution in [-0.4, -0.2) is 29.4 Å². The molecule has 4 nitrogen and oxygen atoms in total. The average Bonchev–Trinajstić information content (AvgIpc) is 3.01. The second-order valence-corrected chi connectivity index (χ2v) is 6.00. The number of carbonyl (C=O) groups excluding carboxylic acids is 1. The number of hydrogen-bond donors (Lipinski definition) is 2. The molecule has 0 saturated carbocycles. The van der Waals surface area contributed by atoms with E-state index in [0.717, 1.165) is 12.2 Å². The van der Waals surface area contributed by atoms with Gasteiger partial charge in [0, 0.05) is 12.2 Å². The lowest BCUT2D eigenvalue weighted by Crippen LogP contribution is -2.50. The molecule has 0 aromatic heterocycles. The lowest BCUT2D eigenvalue weighted by molar-refractivity contribution is -0.121. The van der Waals surface area contributed by atoms with Gasteiger partial charge in [-0.25, -0.2) is 0 Å². The van der Waals surface area contributed by atoms with Crippen LogP contribution in [0.5, 0.6) is 0 Å². The molecule has 0 unspecified atom stereocenters. The molecule has 1 fully saturated rings. The van der Waals surface area contributed by atoms with Crippen molar-refractivity contribution in [2.75, 3.05) is 18.4 Å². The standard InChI is InChI=1S/C17H27N3O/c1-3-17(18,4-2)16(21)19-15-9-7-14(8-10-15)13-20-11-5-6-12-20/h7-10H,3-6,11-13,18H2,1-2H3,(H,19,21). The van der Waals surface area contributed by atoms with Gasteiger partial charge in [0.05, 0.1) is 5.54 Å². The SMILES string of the molecule is CCC(N)(CC)C(=O)Nc1ccc(CN2CCCC2)cc1. The maximum atomic E-state index is 12.2. The molecule has 0 atom stereocenters. The van der Waals surface area contributed by atoms with Gasteiger partial charge >= 0.3 is 0 Å². The van der Waals surface area contributed by atoms with E-state index in [-0.39, 0.29) is 5.91 Å². The molecule has 1 saturated heterocycles. The van der Waals surface area contributed by atoms with E-state index < -0.39 is 5.54 Å². The topological polar surface area (TPSA) is 58.4 Å². The molecule has 2 rings (SSSR count).